The number of carbonyl (C=O) groups is 1. The van der Waals surface area contributed by atoms with E-state index in [1.54, 1.807) is 0 Å². The van der Waals surface area contributed by atoms with E-state index >= 15 is 0 Å². The Labute approximate surface area is 99.8 Å². The fraction of sp³-hybridized carbons (Fsp3) is 0.214. The molecule has 0 unspecified atom stereocenters. The molecule has 3 nitrogen and oxygen atoms in total. The Morgan fingerprint density at radius 2 is 1.94 bits per heavy atom. The zero-order chi connectivity index (χ0) is 12.2. The fourth-order valence-electron chi connectivity index (χ4n) is 2.54. The van der Waals surface area contributed by atoms with Gasteiger partial charge in [0.2, 0.25) is 0 Å². The summed E-state index contributed by atoms with van der Waals surface area (Å²) in [5, 5.41) is 1.96. The van der Waals surface area contributed by atoms with E-state index in [-0.39, 0.29) is 11.9 Å². The van der Waals surface area contributed by atoms with E-state index in [9.17, 15) is 4.79 Å². The van der Waals surface area contributed by atoms with E-state index in [1.807, 2.05) is 49.1 Å². The van der Waals surface area contributed by atoms with Crippen LogP contribution in [0.25, 0.3) is 10.8 Å². The molecule has 3 rings (SSSR count). The van der Waals surface area contributed by atoms with Gasteiger partial charge in [0.1, 0.15) is 0 Å². The molecule has 17 heavy (non-hydrogen) atoms. The van der Waals surface area contributed by atoms with Crippen LogP contribution in [0.4, 0.5) is 11.4 Å². The van der Waals surface area contributed by atoms with E-state index in [1.165, 1.54) is 0 Å². The van der Waals surface area contributed by atoms with Gasteiger partial charge in [-0.1, -0.05) is 12.1 Å². The number of hydrogen-bond acceptors (Lipinski definition) is 2. The molecule has 0 fully saturated rings. The van der Waals surface area contributed by atoms with Crippen molar-refractivity contribution < 1.29 is 4.79 Å². The summed E-state index contributed by atoms with van der Waals surface area (Å²) in [6.07, 6.45) is 0. The number of amides is 1. The lowest BCUT2D eigenvalue weighted by atomic mass is 10.0. The van der Waals surface area contributed by atoms with Crippen molar-refractivity contribution in [1.29, 1.82) is 0 Å². The monoisotopic (exact) mass is 226 g/mol. The lowest BCUT2D eigenvalue weighted by Crippen LogP contribution is -2.33. The highest BCUT2D eigenvalue weighted by Crippen LogP contribution is 2.40. The minimum atomic E-state index is 0.0752. The molecule has 1 aliphatic rings. The highest BCUT2D eigenvalue weighted by Gasteiger charge is 2.31. The molecule has 1 amide bonds. The van der Waals surface area contributed by atoms with Gasteiger partial charge in [-0.3, -0.25) is 4.79 Å². The minimum Gasteiger partial charge on any atom is -0.398 e. The van der Waals surface area contributed by atoms with Gasteiger partial charge in [-0.25, -0.2) is 0 Å². The zero-order valence-corrected chi connectivity index (χ0v) is 9.90. The van der Waals surface area contributed by atoms with Crippen LogP contribution in [0.15, 0.2) is 30.3 Å². The van der Waals surface area contributed by atoms with Gasteiger partial charge in [-0.15, -0.1) is 0 Å². The first-order valence-corrected chi connectivity index (χ1v) is 5.76. The van der Waals surface area contributed by atoms with Crippen LogP contribution in [-0.4, -0.2) is 11.9 Å². The minimum absolute atomic E-state index is 0.0752. The van der Waals surface area contributed by atoms with Crippen molar-refractivity contribution in [3.8, 4) is 0 Å². The average Bonchev–Trinajstić information content (AvgIpc) is 2.59. The molecule has 0 bridgehead atoms. The van der Waals surface area contributed by atoms with Gasteiger partial charge < -0.3 is 10.6 Å². The Hall–Kier alpha value is -2.03. The Morgan fingerprint density at radius 3 is 2.65 bits per heavy atom. The molecule has 0 aromatic heterocycles. The molecule has 0 aliphatic carbocycles. The molecule has 0 saturated carbocycles. The molecule has 0 spiro atoms. The summed E-state index contributed by atoms with van der Waals surface area (Å²) in [6, 6.07) is 9.69. The van der Waals surface area contributed by atoms with Crippen molar-refractivity contribution in [2.45, 2.75) is 19.9 Å². The summed E-state index contributed by atoms with van der Waals surface area (Å²) < 4.78 is 0. The summed E-state index contributed by atoms with van der Waals surface area (Å²) in [5.74, 6) is 0.0752. The molecule has 1 heterocycles. The third-order valence-corrected chi connectivity index (χ3v) is 3.28. The van der Waals surface area contributed by atoms with E-state index in [0.29, 0.717) is 0 Å². The third-order valence-electron chi connectivity index (χ3n) is 3.28. The molecule has 0 radical (unpaired) electrons. The second kappa shape index (κ2) is 3.23. The lowest BCUT2D eigenvalue weighted by molar-refractivity contribution is 0.0987. The van der Waals surface area contributed by atoms with Crippen LogP contribution in [0.1, 0.15) is 24.2 Å². The van der Waals surface area contributed by atoms with E-state index < -0.39 is 0 Å². The van der Waals surface area contributed by atoms with Crippen molar-refractivity contribution in [1.82, 2.24) is 0 Å². The largest absolute Gasteiger partial charge is 0.398 e. The van der Waals surface area contributed by atoms with Crippen LogP contribution in [0.5, 0.6) is 0 Å². The normalized spacial score (nSPS) is 14.1. The second-order valence-corrected chi connectivity index (χ2v) is 4.67. The van der Waals surface area contributed by atoms with Crippen molar-refractivity contribution in [2.75, 3.05) is 10.6 Å². The van der Waals surface area contributed by atoms with Gasteiger partial charge in [-0.2, -0.15) is 0 Å². The van der Waals surface area contributed by atoms with Crippen LogP contribution in [-0.2, 0) is 0 Å². The van der Waals surface area contributed by atoms with E-state index in [4.69, 9.17) is 5.73 Å². The topological polar surface area (TPSA) is 46.3 Å². The van der Waals surface area contributed by atoms with Crippen molar-refractivity contribution in [3.05, 3.63) is 35.9 Å². The number of nitrogens with zero attached hydrogens (tertiary/aromatic N) is 1. The predicted octanol–water partition coefficient (Wildman–Crippen LogP) is 2.79. The van der Waals surface area contributed by atoms with Gasteiger partial charge >= 0.3 is 0 Å². The first-order chi connectivity index (χ1) is 8.11. The highest BCUT2D eigenvalue weighted by atomic mass is 16.2. The molecule has 1 aliphatic heterocycles. The number of nitrogen functional groups attached to an aromatic ring is 1. The number of carbonyl (C=O) groups excluding carboxylic acids is 1. The van der Waals surface area contributed by atoms with E-state index in [0.717, 1.165) is 27.7 Å². The zero-order valence-electron chi connectivity index (χ0n) is 9.90. The maximum absolute atomic E-state index is 12.3. The van der Waals surface area contributed by atoms with Crippen molar-refractivity contribution >= 4 is 28.1 Å². The summed E-state index contributed by atoms with van der Waals surface area (Å²) in [7, 11) is 0. The van der Waals surface area contributed by atoms with Gasteiger partial charge in [0, 0.05) is 28.1 Å². The Balaban J connectivity index is 2.43. The second-order valence-electron chi connectivity index (χ2n) is 4.67. The molecule has 0 atom stereocenters. The van der Waals surface area contributed by atoms with E-state index in [2.05, 4.69) is 0 Å². The van der Waals surface area contributed by atoms with Crippen LogP contribution >= 0.6 is 0 Å². The summed E-state index contributed by atoms with van der Waals surface area (Å²) in [6.45, 7) is 4.04. The smallest absolute Gasteiger partial charge is 0.259 e. The molecule has 2 aromatic rings. The molecule has 2 N–H and O–H groups in total. The standard InChI is InChI=1S/C14H14N2O/c1-8(2)16-12-7-6-11(15)9-4-3-5-10(13(9)12)14(16)17/h3-8H,15H2,1-2H3. The quantitative estimate of drug-likeness (QED) is 0.760. The fourth-order valence-corrected chi connectivity index (χ4v) is 2.54. The maximum atomic E-state index is 12.3. The average molecular weight is 226 g/mol. The van der Waals surface area contributed by atoms with Gasteiger partial charge in [0.05, 0.1) is 5.69 Å². The summed E-state index contributed by atoms with van der Waals surface area (Å²) in [4.78, 5) is 14.1. The van der Waals surface area contributed by atoms with Crippen molar-refractivity contribution in [3.63, 3.8) is 0 Å². The summed E-state index contributed by atoms with van der Waals surface area (Å²) in [5.41, 5.74) is 8.42. The van der Waals surface area contributed by atoms with Crippen LogP contribution in [0, 0.1) is 0 Å². The van der Waals surface area contributed by atoms with Gasteiger partial charge in [0.25, 0.3) is 5.91 Å². The first-order valence-electron chi connectivity index (χ1n) is 5.76. The molecular formula is C14H14N2O. The molecule has 2 aromatic carbocycles. The number of anilines is 2. The number of benzene rings is 2. The first kappa shape index (κ1) is 10.1. The number of rotatable bonds is 1. The lowest BCUT2D eigenvalue weighted by Gasteiger charge is -2.22. The van der Waals surface area contributed by atoms with Crippen LogP contribution < -0.4 is 10.6 Å². The summed E-state index contributed by atoms with van der Waals surface area (Å²) >= 11 is 0. The Kier molecular flexibility index (Phi) is 1.93. The SMILES string of the molecule is CC(C)N1C(=O)c2cccc3c(N)ccc1c23. The van der Waals surface area contributed by atoms with Crippen LogP contribution in [0.3, 0.4) is 0 Å². The number of nitrogens with two attached hydrogens (primary N) is 1. The molecular weight excluding hydrogens is 212 g/mol. The van der Waals surface area contributed by atoms with Crippen LogP contribution in [0.2, 0.25) is 0 Å². The Morgan fingerprint density at radius 1 is 1.18 bits per heavy atom. The Bertz CT molecular complexity index is 631. The van der Waals surface area contributed by atoms with Gasteiger partial charge in [0.15, 0.2) is 0 Å². The van der Waals surface area contributed by atoms with Gasteiger partial charge in [-0.05, 0) is 32.0 Å². The molecule has 0 saturated heterocycles. The molecule has 86 valence electrons. The highest BCUT2D eigenvalue weighted by molar-refractivity contribution is 6.26. The molecule has 3 heteroatoms. The third kappa shape index (κ3) is 1.19. The predicted molar refractivity (Wildman–Crippen MR) is 70.3 cm³/mol. The van der Waals surface area contributed by atoms with Crippen molar-refractivity contribution in [2.24, 2.45) is 0 Å². The maximum Gasteiger partial charge on any atom is 0.259 e. The number of hydrogen-bond donors (Lipinski definition) is 1.